The molecule has 1 atom stereocenters. The van der Waals surface area contributed by atoms with Gasteiger partial charge in [-0.25, -0.2) is 0 Å². The van der Waals surface area contributed by atoms with Gasteiger partial charge in [0.15, 0.2) is 0 Å². The number of ether oxygens (including phenoxy) is 1. The van der Waals surface area contributed by atoms with E-state index in [4.69, 9.17) is 0 Å². The maximum Gasteiger partial charge on any atom is 0.573 e. The quantitative estimate of drug-likeness (QED) is 0.738. The molecule has 3 rings (SSSR count). The normalized spacial score (nSPS) is 19.2. The Kier molecular flexibility index (Phi) is 3.88. The van der Waals surface area contributed by atoms with Gasteiger partial charge in [-0.2, -0.15) is 10.9 Å². The number of alkyl halides is 3. The number of benzene rings is 1. The first kappa shape index (κ1) is 15.9. The minimum absolute atomic E-state index is 0.138. The van der Waals surface area contributed by atoms with E-state index in [0.29, 0.717) is 0 Å². The summed E-state index contributed by atoms with van der Waals surface area (Å²) < 4.78 is 40.9. The Balaban J connectivity index is 1.99. The Morgan fingerprint density at radius 1 is 1.04 bits per heavy atom. The van der Waals surface area contributed by atoms with Crippen LogP contribution < -0.4 is 0 Å². The Bertz CT molecular complexity index is 840. The Labute approximate surface area is 135 Å². The molecule has 0 amide bonds. The number of thiol groups is 1. The number of hydrogen-bond acceptors (Lipinski definition) is 2. The van der Waals surface area contributed by atoms with Gasteiger partial charge in [-0.1, -0.05) is 0 Å². The number of fused-ring (bicyclic) bond motifs is 1. The zero-order valence-electron chi connectivity index (χ0n) is 12.9. The van der Waals surface area contributed by atoms with Gasteiger partial charge in [0.05, 0.1) is 5.52 Å². The van der Waals surface area contributed by atoms with Crippen molar-refractivity contribution in [2.24, 2.45) is 0 Å². The number of nitrogens with zero attached hydrogens (tertiary/aromatic N) is 1. The van der Waals surface area contributed by atoms with Crippen LogP contribution >= 0.6 is 10.9 Å². The molecule has 0 saturated heterocycles. The fourth-order valence-electron chi connectivity index (χ4n) is 2.52. The summed E-state index contributed by atoms with van der Waals surface area (Å²) >= 11 is 0. The van der Waals surface area contributed by atoms with E-state index in [0.717, 1.165) is 32.6 Å². The SMILES string of the molecule is Cc1cc2nc(C)c(C)cc2cc1[SH]1C=CC(OC(F)(F)F)=C1. The molecule has 6 heteroatoms. The van der Waals surface area contributed by atoms with Crippen LogP contribution in [0.5, 0.6) is 0 Å². The first-order valence-electron chi connectivity index (χ1n) is 7.06. The molecule has 0 bridgehead atoms. The van der Waals surface area contributed by atoms with E-state index in [1.165, 1.54) is 6.08 Å². The standard InChI is InChI=1S/C17H16F3NOS/c1-10-6-13-8-16(11(2)7-15(13)21-12(10)3)23-5-4-14(9-23)22-17(18,19)20/h4-9,23H,1-3H3. The third-order valence-corrected chi connectivity index (χ3v) is 5.79. The number of aromatic nitrogens is 1. The number of allylic oxidation sites excluding steroid dienone is 1. The second-order valence-corrected chi connectivity index (χ2v) is 7.38. The second kappa shape index (κ2) is 5.60. The van der Waals surface area contributed by atoms with Crippen LogP contribution in [0, 0.1) is 20.8 Å². The highest BCUT2D eigenvalue weighted by Crippen LogP contribution is 2.47. The third-order valence-electron chi connectivity index (χ3n) is 3.75. The summed E-state index contributed by atoms with van der Waals surface area (Å²) in [6.45, 7) is 5.92. The van der Waals surface area contributed by atoms with Gasteiger partial charge >= 0.3 is 6.36 Å². The summed E-state index contributed by atoms with van der Waals surface area (Å²) in [6.07, 6.45) is -3.26. The fraction of sp³-hybridized carbons (Fsp3) is 0.235. The van der Waals surface area contributed by atoms with Gasteiger partial charge in [0.1, 0.15) is 5.76 Å². The molecular weight excluding hydrogens is 323 g/mol. The van der Waals surface area contributed by atoms with Crippen LogP contribution in [0.25, 0.3) is 10.9 Å². The smallest absolute Gasteiger partial charge is 0.405 e. The predicted molar refractivity (Wildman–Crippen MR) is 87.6 cm³/mol. The van der Waals surface area contributed by atoms with Gasteiger partial charge < -0.3 is 4.74 Å². The number of hydrogen-bond donors (Lipinski definition) is 1. The molecule has 23 heavy (non-hydrogen) atoms. The van der Waals surface area contributed by atoms with E-state index >= 15 is 0 Å². The van der Waals surface area contributed by atoms with Crippen LogP contribution in [-0.2, 0) is 4.74 Å². The zero-order chi connectivity index (χ0) is 16.8. The average molecular weight is 339 g/mol. The fourth-order valence-corrected chi connectivity index (χ4v) is 4.38. The van der Waals surface area contributed by atoms with Gasteiger partial charge in [0, 0.05) is 16.5 Å². The van der Waals surface area contributed by atoms with Crippen LogP contribution in [0.1, 0.15) is 16.8 Å². The van der Waals surface area contributed by atoms with E-state index in [9.17, 15) is 13.2 Å². The van der Waals surface area contributed by atoms with Gasteiger partial charge in [0.25, 0.3) is 0 Å². The van der Waals surface area contributed by atoms with E-state index < -0.39 is 17.3 Å². The van der Waals surface area contributed by atoms with Crippen molar-refractivity contribution in [3.8, 4) is 0 Å². The Morgan fingerprint density at radius 2 is 1.78 bits per heavy atom. The molecule has 2 aromatic rings. The number of pyridine rings is 1. The van der Waals surface area contributed by atoms with Crippen molar-refractivity contribution >= 4 is 21.8 Å². The molecule has 1 aliphatic rings. The topological polar surface area (TPSA) is 22.1 Å². The lowest BCUT2D eigenvalue weighted by atomic mass is 10.1. The highest BCUT2D eigenvalue weighted by Gasteiger charge is 2.32. The van der Waals surface area contributed by atoms with Crippen molar-refractivity contribution < 1.29 is 17.9 Å². The van der Waals surface area contributed by atoms with Crippen molar-refractivity contribution in [3.05, 3.63) is 57.7 Å². The first-order chi connectivity index (χ1) is 10.7. The zero-order valence-corrected chi connectivity index (χ0v) is 13.8. The third kappa shape index (κ3) is 3.37. The molecule has 0 radical (unpaired) electrons. The lowest BCUT2D eigenvalue weighted by molar-refractivity contribution is -0.303. The summed E-state index contributed by atoms with van der Waals surface area (Å²) in [5.74, 6) is -0.138. The maximum atomic E-state index is 12.3. The molecule has 1 aromatic carbocycles. The molecule has 1 aliphatic heterocycles. The lowest BCUT2D eigenvalue weighted by Gasteiger charge is -2.15. The molecule has 2 nitrogen and oxygen atoms in total. The number of rotatable bonds is 2. The second-order valence-electron chi connectivity index (χ2n) is 5.52. The molecule has 1 unspecified atom stereocenters. The summed E-state index contributed by atoms with van der Waals surface area (Å²) in [5.41, 5.74) is 4.01. The Hall–Kier alpha value is -1.95. The molecule has 2 heterocycles. The molecule has 0 aliphatic carbocycles. The van der Waals surface area contributed by atoms with Crippen LogP contribution in [0.2, 0.25) is 0 Å². The van der Waals surface area contributed by atoms with Crippen LogP contribution in [0.15, 0.2) is 45.7 Å². The molecule has 0 spiro atoms. The molecule has 0 fully saturated rings. The molecular formula is C17H16F3NOS. The average Bonchev–Trinajstić information content (AvgIpc) is 2.86. The molecule has 1 aromatic heterocycles. The monoisotopic (exact) mass is 339 g/mol. The van der Waals surface area contributed by atoms with Crippen molar-refractivity contribution in [2.75, 3.05) is 0 Å². The van der Waals surface area contributed by atoms with Gasteiger partial charge in [-0.15, -0.1) is 13.2 Å². The molecule has 0 N–H and O–H groups in total. The van der Waals surface area contributed by atoms with E-state index in [-0.39, 0.29) is 5.76 Å². The number of halogens is 3. The van der Waals surface area contributed by atoms with Crippen molar-refractivity contribution in [1.82, 2.24) is 4.98 Å². The van der Waals surface area contributed by atoms with Gasteiger partial charge in [0.2, 0.25) is 0 Å². The van der Waals surface area contributed by atoms with Gasteiger partial charge in [-0.3, -0.25) is 4.98 Å². The first-order valence-corrected chi connectivity index (χ1v) is 8.54. The largest absolute Gasteiger partial charge is 0.573 e. The highest BCUT2D eigenvalue weighted by molar-refractivity contribution is 8.22. The lowest BCUT2D eigenvalue weighted by Crippen LogP contribution is -2.11. The maximum absolute atomic E-state index is 12.3. The molecule has 122 valence electrons. The minimum Gasteiger partial charge on any atom is -0.405 e. The predicted octanol–water partition coefficient (Wildman–Crippen LogP) is 5.43. The summed E-state index contributed by atoms with van der Waals surface area (Å²) in [5, 5.41) is 4.33. The van der Waals surface area contributed by atoms with E-state index in [1.54, 1.807) is 10.8 Å². The van der Waals surface area contributed by atoms with Crippen LogP contribution in [-0.4, -0.2) is 11.3 Å². The van der Waals surface area contributed by atoms with Gasteiger partial charge in [-0.05, 0) is 66.5 Å². The van der Waals surface area contributed by atoms with E-state index in [1.807, 2.05) is 32.9 Å². The highest BCUT2D eigenvalue weighted by atomic mass is 32.2. The van der Waals surface area contributed by atoms with Crippen molar-refractivity contribution in [2.45, 2.75) is 32.0 Å². The number of aryl methyl sites for hydroxylation is 3. The molecule has 0 saturated carbocycles. The van der Waals surface area contributed by atoms with Crippen molar-refractivity contribution in [3.63, 3.8) is 0 Å². The van der Waals surface area contributed by atoms with E-state index in [2.05, 4.69) is 15.8 Å². The minimum atomic E-state index is -4.65. The summed E-state index contributed by atoms with van der Waals surface area (Å²) in [7, 11) is -0.939. The van der Waals surface area contributed by atoms with Crippen molar-refractivity contribution in [1.29, 1.82) is 0 Å². The van der Waals surface area contributed by atoms with Crippen LogP contribution in [0.4, 0.5) is 13.2 Å². The summed E-state index contributed by atoms with van der Waals surface area (Å²) in [4.78, 5) is 5.59. The summed E-state index contributed by atoms with van der Waals surface area (Å²) in [6, 6.07) is 6.07. The Morgan fingerprint density at radius 3 is 2.48 bits per heavy atom. The van der Waals surface area contributed by atoms with Crippen LogP contribution in [0.3, 0.4) is 0 Å².